The molecule has 5 nitrogen and oxygen atoms in total. The van der Waals surface area contributed by atoms with E-state index in [0.717, 1.165) is 11.1 Å². The largest absolute Gasteiger partial charge is 0.480 e. The first-order valence-corrected chi connectivity index (χ1v) is 5.71. The molecule has 0 aliphatic heterocycles. The highest BCUT2D eigenvalue weighted by Crippen LogP contribution is 2.26. The van der Waals surface area contributed by atoms with Crippen molar-refractivity contribution in [1.29, 1.82) is 5.26 Å². The van der Waals surface area contributed by atoms with Crippen LogP contribution in [0.2, 0.25) is 0 Å². The summed E-state index contributed by atoms with van der Waals surface area (Å²) < 4.78 is 5.68. The third kappa shape index (κ3) is 2.99. The quantitative estimate of drug-likeness (QED) is 0.477. The number of nitrogens with two attached hydrogens (primary N) is 1. The number of benzene rings is 1. The maximum Gasteiger partial charge on any atom is 0.274 e. The lowest BCUT2D eigenvalue weighted by atomic mass is 10.1. The second-order valence-corrected chi connectivity index (χ2v) is 4.07. The molecule has 0 bridgehead atoms. The number of aryl methyl sites for hydroxylation is 2. The second kappa shape index (κ2) is 6.03. The fourth-order valence-corrected chi connectivity index (χ4v) is 1.76. The summed E-state index contributed by atoms with van der Waals surface area (Å²) in [5.41, 5.74) is 4.32. The van der Waals surface area contributed by atoms with Crippen LogP contribution in [0.5, 0.6) is 5.75 Å². The predicted molar refractivity (Wildman–Crippen MR) is 67.7 cm³/mol. The van der Waals surface area contributed by atoms with Crippen molar-refractivity contribution >= 4 is 5.91 Å². The van der Waals surface area contributed by atoms with Gasteiger partial charge in [0.05, 0.1) is 11.6 Å². The first-order chi connectivity index (χ1) is 8.53. The van der Waals surface area contributed by atoms with Crippen molar-refractivity contribution in [3.05, 3.63) is 28.8 Å². The van der Waals surface area contributed by atoms with Gasteiger partial charge in [-0.1, -0.05) is 6.92 Å². The summed E-state index contributed by atoms with van der Waals surface area (Å²) in [7, 11) is 0. The normalized spacial score (nSPS) is 11.5. The van der Waals surface area contributed by atoms with E-state index >= 15 is 0 Å². The van der Waals surface area contributed by atoms with Crippen molar-refractivity contribution in [1.82, 2.24) is 5.43 Å². The van der Waals surface area contributed by atoms with Crippen LogP contribution < -0.4 is 16.0 Å². The number of amides is 1. The highest BCUT2D eigenvalue weighted by molar-refractivity contribution is 5.80. The second-order valence-electron chi connectivity index (χ2n) is 4.07. The summed E-state index contributed by atoms with van der Waals surface area (Å²) in [4.78, 5) is 11.5. The Bertz CT molecular complexity index is 468. The SMILES string of the molecule is CCC(Oc1c(C)cc(C#N)cc1C)C(=O)NN. The molecule has 0 saturated heterocycles. The van der Waals surface area contributed by atoms with E-state index < -0.39 is 6.10 Å². The number of hydrogen-bond donors (Lipinski definition) is 2. The third-order valence-corrected chi connectivity index (χ3v) is 2.66. The first kappa shape index (κ1) is 14.0. The first-order valence-electron chi connectivity index (χ1n) is 5.71. The average molecular weight is 247 g/mol. The zero-order chi connectivity index (χ0) is 13.7. The molecule has 0 radical (unpaired) electrons. The van der Waals surface area contributed by atoms with Crippen LogP contribution in [0.25, 0.3) is 0 Å². The number of ether oxygens (including phenoxy) is 1. The number of hydrazine groups is 1. The van der Waals surface area contributed by atoms with Crippen LogP contribution in [0, 0.1) is 25.2 Å². The molecule has 0 saturated carbocycles. The Labute approximate surface area is 107 Å². The number of carbonyl (C=O) groups is 1. The van der Waals surface area contributed by atoms with Crippen molar-refractivity contribution in [2.24, 2.45) is 5.84 Å². The molecule has 0 aromatic heterocycles. The van der Waals surface area contributed by atoms with Gasteiger partial charge in [0.25, 0.3) is 5.91 Å². The van der Waals surface area contributed by atoms with Crippen LogP contribution in [0.3, 0.4) is 0 Å². The monoisotopic (exact) mass is 247 g/mol. The summed E-state index contributed by atoms with van der Waals surface area (Å²) in [5, 5.41) is 8.86. The van der Waals surface area contributed by atoms with Crippen molar-refractivity contribution in [2.75, 3.05) is 0 Å². The zero-order valence-corrected chi connectivity index (χ0v) is 10.8. The van der Waals surface area contributed by atoms with Gasteiger partial charge < -0.3 is 4.74 Å². The van der Waals surface area contributed by atoms with E-state index in [-0.39, 0.29) is 5.91 Å². The molecule has 1 unspecified atom stereocenters. The number of carbonyl (C=O) groups excluding carboxylic acids is 1. The lowest BCUT2D eigenvalue weighted by Gasteiger charge is -2.19. The van der Waals surface area contributed by atoms with Gasteiger partial charge in [0, 0.05) is 0 Å². The van der Waals surface area contributed by atoms with Crippen molar-refractivity contribution < 1.29 is 9.53 Å². The van der Waals surface area contributed by atoms with Gasteiger partial charge in [0.2, 0.25) is 0 Å². The Hall–Kier alpha value is -2.06. The van der Waals surface area contributed by atoms with Gasteiger partial charge in [-0.05, 0) is 43.5 Å². The minimum Gasteiger partial charge on any atom is -0.480 e. The van der Waals surface area contributed by atoms with Crippen LogP contribution in [0.15, 0.2) is 12.1 Å². The topological polar surface area (TPSA) is 88.1 Å². The van der Waals surface area contributed by atoms with Crippen molar-refractivity contribution in [2.45, 2.75) is 33.3 Å². The molecule has 0 heterocycles. The van der Waals surface area contributed by atoms with Gasteiger partial charge in [0.1, 0.15) is 5.75 Å². The maximum absolute atomic E-state index is 11.5. The fourth-order valence-electron chi connectivity index (χ4n) is 1.76. The molecule has 1 atom stereocenters. The lowest BCUT2D eigenvalue weighted by Crippen LogP contribution is -2.41. The van der Waals surface area contributed by atoms with Gasteiger partial charge in [-0.15, -0.1) is 0 Å². The Morgan fingerprint density at radius 3 is 2.44 bits per heavy atom. The fraction of sp³-hybridized carbons (Fsp3) is 0.385. The summed E-state index contributed by atoms with van der Waals surface area (Å²) in [6.07, 6.45) is -0.109. The summed E-state index contributed by atoms with van der Waals surface area (Å²) >= 11 is 0. The Balaban J connectivity index is 3.04. The molecule has 96 valence electrons. The van der Waals surface area contributed by atoms with E-state index in [1.165, 1.54) is 0 Å². The van der Waals surface area contributed by atoms with Crippen LogP contribution in [0.1, 0.15) is 30.0 Å². The minimum atomic E-state index is -0.625. The number of nitrogens with one attached hydrogen (secondary N) is 1. The molecule has 5 heteroatoms. The van der Waals surface area contributed by atoms with Gasteiger partial charge in [-0.25, -0.2) is 5.84 Å². The van der Waals surface area contributed by atoms with Gasteiger partial charge >= 0.3 is 0 Å². The van der Waals surface area contributed by atoms with Crippen molar-refractivity contribution in [3.8, 4) is 11.8 Å². The van der Waals surface area contributed by atoms with E-state index in [1.807, 2.05) is 20.8 Å². The van der Waals surface area contributed by atoms with Crippen molar-refractivity contribution in [3.63, 3.8) is 0 Å². The molecule has 3 N–H and O–H groups in total. The summed E-state index contributed by atoms with van der Waals surface area (Å²) in [6, 6.07) is 5.55. The van der Waals surface area contributed by atoms with Crippen LogP contribution >= 0.6 is 0 Å². The van der Waals surface area contributed by atoms with E-state index in [0.29, 0.717) is 17.7 Å². The predicted octanol–water partition coefficient (Wildman–Crippen LogP) is 1.32. The van der Waals surface area contributed by atoms with Gasteiger partial charge in [-0.2, -0.15) is 5.26 Å². The van der Waals surface area contributed by atoms with E-state index in [4.69, 9.17) is 15.8 Å². The molecule has 0 aliphatic rings. The number of hydrogen-bond acceptors (Lipinski definition) is 4. The molecule has 1 aromatic carbocycles. The maximum atomic E-state index is 11.5. The van der Waals surface area contributed by atoms with E-state index in [1.54, 1.807) is 12.1 Å². The minimum absolute atomic E-state index is 0.361. The molecular weight excluding hydrogens is 230 g/mol. The standard InChI is InChI=1S/C13H17N3O2/c1-4-11(13(17)16-15)18-12-8(2)5-10(7-14)6-9(12)3/h5-6,11H,4,15H2,1-3H3,(H,16,17). The van der Waals surface area contributed by atoms with Crippen LogP contribution in [0.4, 0.5) is 0 Å². The number of nitriles is 1. The number of nitrogens with zero attached hydrogens (tertiary/aromatic N) is 1. The van der Waals surface area contributed by atoms with Crippen LogP contribution in [-0.4, -0.2) is 12.0 Å². The van der Waals surface area contributed by atoms with E-state index in [2.05, 4.69) is 11.5 Å². The lowest BCUT2D eigenvalue weighted by molar-refractivity contribution is -0.128. The van der Waals surface area contributed by atoms with Gasteiger partial charge in [-0.3, -0.25) is 10.2 Å². The smallest absolute Gasteiger partial charge is 0.274 e. The third-order valence-electron chi connectivity index (χ3n) is 2.66. The van der Waals surface area contributed by atoms with E-state index in [9.17, 15) is 4.79 Å². The Morgan fingerprint density at radius 2 is 2.06 bits per heavy atom. The molecule has 1 rings (SSSR count). The molecule has 0 spiro atoms. The zero-order valence-electron chi connectivity index (χ0n) is 10.8. The Morgan fingerprint density at radius 1 is 1.50 bits per heavy atom. The van der Waals surface area contributed by atoms with Crippen LogP contribution in [-0.2, 0) is 4.79 Å². The molecule has 1 aromatic rings. The number of rotatable bonds is 4. The summed E-state index contributed by atoms with van der Waals surface area (Å²) in [6.45, 7) is 5.53. The molecule has 0 fully saturated rings. The molecule has 18 heavy (non-hydrogen) atoms. The molecule has 0 aliphatic carbocycles. The van der Waals surface area contributed by atoms with Gasteiger partial charge in [0.15, 0.2) is 6.10 Å². The average Bonchev–Trinajstić information content (AvgIpc) is 2.37. The highest BCUT2D eigenvalue weighted by atomic mass is 16.5. The Kier molecular flexibility index (Phi) is 4.69. The summed E-state index contributed by atoms with van der Waals surface area (Å²) in [5.74, 6) is 5.37. The molecular formula is C13H17N3O2. The highest BCUT2D eigenvalue weighted by Gasteiger charge is 2.19. The molecule has 1 amide bonds.